The quantitative estimate of drug-likeness (QED) is 0.493. The summed E-state index contributed by atoms with van der Waals surface area (Å²) >= 11 is 8.72. The van der Waals surface area contributed by atoms with Gasteiger partial charge in [-0.05, 0) is 49.9 Å². The fourth-order valence-corrected chi connectivity index (χ4v) is 8.94. The number of hydrogen-bond donors (Lipinski definition) is 0. The van der Waals surface area contributed by atoms with Crippen LogP contribution in [0.4, 0.5) is 5.13 Å². The van der Waals surface area contributed by atoms with Crippen molar-refractivity contribution in [2.75, 3.05) is 44.2 Å². The molecule has 2 fully saturated rings. The van der Waals surface area contributed by atoms with Crippen molar-refractivity contribution in [1.82, 2.24) is 14.2 Å². The molecule has 0 atom stereocenters. The maximum Gasteiger partial charge on any atom is 0.252 e. The maximum atomic E-state index is 13.2. The number of fused-ring (bicyclic) bond motifs is 1. The lowest BCUT2D eigenvalue weighted by Gasteiger charge is -2.38. The van der Waals surface area contributed by atoms with Gasteiger partial charge in [-0.15, -0.1) is 11.3 Å². The predicted octanol–water partition coefficient (Wildman–Crippen LogP) is 4.38. The average molecular weight is 539 g/mol. The van der Waals surface area contributed by atoms with Crippen molar-refractivity contribution in [2.45, 2.75) is 30.9 Å². The van der Waals surface area contributed by atoms with Gasteiger partial charge in [0.1, 0.15) is 4.21 Å². The molecule has 0 saturated carbocycles. The average Bonchev–Trinajstić information content (AvgIpc) is 3.49. The van der Waals surface area contributed by atoms with Crippen molar-refractivity contribution in [2.24, 2.45) is 5.92 Å². The molecule has 182 valence electrons. The first-order valence-corrected chi connectivity index (χ1v) is 14.8. The number of nitrogens with zero attached hydrogens (tertiary/aromatic N) is 4. The van der Waals surface area contributed by atoms with Crippen LogP contribution in [-0.2, 0) is 14.8 Å². The highest BCUT2D eigenvalue weighted by Gasteiger charge is 2.35. The van der Waals surface area contributed by atoms with Gasteiger partial charge in [0.2, 0.25) is 5.91 Å². The van der Waals surface area contributed by atoms with Gasteiger partial charge in [-0.2, -0.15) is 4.31 Å². The van der Waals surface area contributed by atoms with Crippen LogP contribution in [0.15, 0.2) is 28.5 Å². The predicted molar refractivity (Wildman–Crippen MR) is 139 cm³/mol. The maximum absolute atomic E-state index is 13.2. The van der Waals surface area contributed by atoms with Crippen LogP contribution >= 0.6 is 34.3 Å². The second-order valence-corrected chi connectivity index (χ2v) is 13.8. The molecule has 0 radical (unpaired) electrons. The van der Waals surface area contributed by atoms with E-state index in [2.05, 4.69) is 30.9 Å². The molecule has 0 unspecified atom stereocenters. The molecule has 3 aromatic rings. The number of benzene rings is 1. The highest BCUT2D eigenvalue weighted by atomic mass is 35.5. The SMILES string of the molecule is Cc1ccc(C)c2sc(N3CCN(C(=O)C4CCN(S(=O)(=O)c5ccc(Cl)s5)CC4)CC3)nc12. The van der Waals surface area contributed by atoms with Crippen LogP contribution in [0.5, 0.6) is 0 Å². The lowest BCUT2D eigenvalue weighted by Crippen LogP contribution is -2.52. The third-order valence-corrected chi connectivity index (χ3v) is 11.6. The lowest BCUT2D eigenvalue weighted by molar-refractivity contribution is -0.137. The van der Waals surface area contributed by atoms with Crippen molar-refractivity contribution in [3.63, 3.8) is 0 Å². The molecule has 1 aromatic carbocycles. The van der Waals surface area contributed by atoms with Crippen LogP contribution in [-0.4, -0.2) is 67.8 Å². The van der Waals surface area contributed by atoms with Gasteiger partial charge in [-0.1, -0.05) is 35.1 Å². The van der Waals surface area contributed by atoms with Crippen molar-refractivity contribution in [3.05, 3.63) is 39.7 Å². The number of thiophene rings is 1. The van der Waals surface area contributed by atoms with E-state index in [0.29, 0.717) is 43.4 Å². The minimum absolute atomic E-state index is 0.127. The Balaban J connectivity index is 1.18. The van der Waals surface area contributed by atoms with E-state index in [9.17, 15) is 13.2 Å². The smallest absolute Gasteiger partial charge is 0.252 e. The van der Waals surface area contributed by atoms with Crippen LogP contribution < -0.4 is 4.90 Å². The summed E-state index contributed by atoms with van der Waals surface area (Å²) in [6.45, 7) is 7.78. The molecular weight excluding hydrogens is 512 g/mol. The summed E-state index contributed by atoms with van der Waals surface area (Å²) in [5.41, 5.74) is 3.51. The Morgan fingerprint density at radius 3 is 2.26 bits per heavy atom. The lowest BCUT2D eigenvalue weighted by atomic mass is 9.96. The zero-order chi connectivity index (χ0) is 24.0. The molecule has 2 saturated heterocycles. The Morgan fingerprint density at radius 1 is 0.971 bits per heavy atom. The van der Waals surface area contributed by atoms with Crippen molar-refractivity contribution in [3.8, 4) is 0 Å². The fourth-order valence-electron chi connectivity index (χ4n) is 4.67. The molecule has 0 N–H and O–H groups in total. The van der Waals surface area contributed by atoms with Gasteiger partial charge in [-0.3, -0.25) is 4.79 Å². The molecule has 11 heteroatoms. The van der Waals surface area contributed by atoms with Crippen LogP contribution in [0.25, 0.3) is 10.2 Å². The Bertz CT molecular complexity index is 1280. The Kier molecular flexibility index (Phi) is 6.62. The molecule has 2 aliphatic rings. The van der Waals surface area contributed by atoms with Gasteiger partial charge in [-0.25, -0.2) is 13.4 Å². The molecule has 0 aliphatic carbocycles. The van der Waals surface area contributed by atoms with Gasteiger partial charge in [0.15, 0.2) is 5.13 Å². The number of piperazine rings is 1. The van der Waals surface area contributed by atoms with Gasteiger partial charge in [0, 0.05) is 45.2 Å². The van der Waals surface area contributed by atoms with E-state index in [1.165, 1.54) is 20.1 Å². The van der Waals surface area contributed by atoms with Gasteiger partial charge >= 0.3 is 0 Å². The van der Waals surface area contributed by atoms with E-state index in [-0.39, 0.29) is 16.0 Å². The number of halogens is 1. The molecule has 5 rings (SSSR count). The number of rotatable bonds is 4. The summed E-state index contributed by atoms with van der Waals surface area (Å²) in [5, 5.41) is 1.02. The summed E-state index contributed by atoms with van der Waals surface area (Å²) in [4.78, 5) is 22.3. The summed E-state index contributed by atoms with van der Waals surface area (Å²) in [6, 6.07) is 7.41. The molecule has 34 heavy (non-hydrogen) atoms. The normalized spacial score (nSPS) is 18.7. The highest BCUT2D eigenvalue weighted by molar-refractivity contribution is 7.91. The number of aromatic nitrogens is 1. The number of thiazole rings is 1. The largest absolute Gasteiger partial charge is 0.345 e. The first kappa shape index (κ1) is 24.0. The Labute approximate surface area is 213 Å². The number of carbonyl (C=O) groups excluding carboxylic acids is 1. The van der Waals surface area contributed by atoms with E-state index in [1.807, 2.05) is 4.90 Å². The fraction of sp³-hybridized carbons (Fsp3) is 0.478. The summed E-state index contributed by atoms with van der Waals surface area (Å²) < 4.78 is 29.1. The Hall–Kier alpha value is -1.72. The van der Waals surface area contributed by atoms with Crippen LogP contribution in [0, 0.1) is 19.8 Å². The third-order valence-electron chi connectivity index (χ3n) is 6.74. The number of amides is 1. The van der Waals surface area contributed by atoms with E-state index in [1.54, 1.807) is 23.5 Å². The van der Waals surface area contributed by atoms with E-state index >= 15 is 0 Å². The number of carbonyl (C=O) groups is 1. The molecule has 0 spiro atoms. The minimum Gasteiger partial charge on any atom is -0.345 e. The van der Waals surface area contributed by atoms with Crippen LogP contribution in [0.3, 0.4) is 0 Å². The van der Waals surface area contributed by atoms with Crippen molar-refractivity contribution < 1.29 is 13.2 Å². The molecule has 2 aliphatic heterocycles. The molecule has 1 amide bonds. The van der Waals surface area contributed by atoms with Crippen molar-refractivity contribution >= 4 is 65.6 Å². The zero-order valence-electron chi connectivity index (χ0n) is 19.2. The first-order chi connectivity index (χ1) is 16.2. The van der Waals surface area contributed by atoms with Crippen LogP contribution in [0.1, 0.15) is 24.0 Å². The van der Waals surface area contributed by atoms with Gasteiger partial charge in [0.25, 0.3) is 10.0 Å². The first-order valence-electron chi connectivity index (χ1n) is 11.4. The topological polar surface area (TPSA) is 73.8 Å². The second-order valence-electron chi connectivity index (χ2n) is 8.92. The number of hydrogen-bond acceptors (Lipinski definition) is 7. The van der Waals surface area contributed by atoms with E-state index in [4.69, 9.17) is 16.6 Å². The summed E-state index contributed by atoms with van der Waals surface area (Å²) in [5.74, 6) is 0.0181. The number of aryl methyl sites for hydroxylation is 2. The monoisotopic (exact) mass is 538 g/mol. The van der Waals surface area contributed by atoms with E-state index in [0.717, 1.165) is 35.1 Å². The molecule has 4 heterocycles. The molecule has 7 nitrogen and oxygen atoms in total. The highest BCUT2D eigenvalue weighted by Crippen LogP contribution is 2.34. The zero-order valence-corrected chi connectivity index (χ0v) is 22.4. The van der Waals surface area contributed by atoms with Gasteiger partial charge in [0.05, 0.1) is 14.6 Å². The molecule has 2 aromatic heterocycles. The Morgan fingerprint density at radius 2 is 1.65 bits per heavy atom. The standard InChI is InChI=1S/C23H27ClN4O3S3/c1-15-3-4-16(2)21-20(15)25-23(33-21)27-13-11-26(12-14-27)22(29)17-7-9-28(10-8-17)34(30,31)19-6-5-18(24)32-19/h3-6,17H,7-14H2,1-2H3. The van der Waals surface area contributed by atoms with Crippen molar-refractivity contribution in [1.29, 1.82) is 0 Å². The number of sulfonamides is 1. The van der Waals surface area contributed by atoms with Crippen LogP contribution in [0.2, 0.25) is 4.34 Å². The summed E-state index contributed by atoms with van der Waals surface area (Å²) in [6.07, 6.45) is 1.10. The van der Waals surface area contributed by atoms with Gasteiger partial charge < -0.3 is 9.80 Å². The third kappa shape index (κ3) is 4.46. The second kappa shape index (κ2) is 9.39. The molecular formula is C23H27ClN4O3S3. The summed E-state index contributed by atoms with van der Waals surface area (Å²) in [7, 11) is -3.54. The number of piperidine rings is 1. The number of anilines is 1. The molecule has 0 bridgehead atoms. The minimum atomic E-state index is -3.54. The van der Waals surface area contributed by atoms with E-state index < -0.39 is 10.0 Å².